The van der Waals surface area contributed by atoms with E-state index in [1.54, 1.807) is 19.4 Å². The number of ether oxygens (including phenoxy) is 1. The number of carbonyl (C=O) groups is 1. The molecule has 0 aromatic carbocycles. The number of amides is 1. The number of aryl methyl sites for hydroxylation is 1. The number of halogens is 1. The maximum Gasteiger partial charge on any atom is 0.410 e. The number of rotatable bonds is 4. The third-order valence-corrected chi connectivity index (χ3v) is 6.16. The van der Waals surface area contributed by atoms with Gasteiger partial charge in [-0.05, 0) is 30.9 Å². The number of H-pyrrole nitrogens is 1. The second-order valence-electron chi connectivity index (χ2n) is 8.95. The minimum absolute atomic E-state index is 0.135. The summed E-state index contributed by atoms with van der Waals surface area (Å²) in [6.07, 6.45) is 5.18. The van der Waals surface area contributed by atoms with E-state index in [0.29, 0.717) is 29.4 Å². The van der Waals surface area contributed by atoms with Crippen molar-refractivity contribution < 1.29 is 13.9 Å². The zero-order valence-electron chi connectivity index (χ0n) is 18.0. The Morgan fingerprint density at radius 1 is 1.32 bits per heavy atom. The van der Waals surface area contributed by atoms with Gasteiger partial charge >= 0.3 is 6.09 Å². The first kappa shape index (κ1) is 19.8. The van der Waals surface area contributed by atoms with Gasteiger partial charge in [0.2, 0.25) is 5.95 Å². The largest absolute Gasteiger partial charge is 0.449 e. The summed E-state index contributed by atoms with van der Waals surface area (Å²) in [5, 5.41) is 4.74. The van der Waals surface area contributed by atoms with Crippen LogP contribution >= 0.6 is 0 Å². The quantitative estimate of drug-likeness (QED) is 0.690. The van der Waals surface area contributed by atoms with Crippen molar-refractivity contribution in [1.82, 2.24) is 24.6 Å². The lowest BCUT2D eigenvalue weighted by molar-refractivity contribution is 0.0705. The Bertz CT molecular complexity index is 1110. The summed E-state index contributed by atoms with van der Waals surface area (Å²) in [6.45, 7) is 6.01. The molecule has 164 valence electrons. The Morgan fingerprint density at radius 2 is 2.06 bits per heavy atom. The molecule has 2 aliphatic rings. The van der Waals surface area contributed by atoms with Crippen molar-refractivity contribution >= 4 is 22.8 Å². The van der Waals surface area contributed by atoms with Crippen molar-refractivity contribution in [2.24, 2.45) is 13.0 Å². The Hall–Kier alpha value is -3.10. The van der Waals surface area contributed by atoms with Crippen LogP contribution in [-0.2, 0) is 11.8 Å². The average molecular weight is 426 g/mol. The molecule has 2 unspecified atom stereocenters. The summed E-state index contributed by atoms with van der Waals surface area (Å²) in [5.41, 5.74) is 2.83. The number of nitrogens with zero attached hydrogens (tertiary/aromatic N) is 5. The molecule has 0 saturated carbocycles. The highest BCUT2D eigenvalue weighted by molar-refractivity contribution is 5.94. The lowest BCUT2D eigenvalue weighted by Gasteiger charge is -2.41. The second kappa shape index (κ2) is 7.55. The van der Waals surface area contributed by atoms with Crippen molar-refractivity contribution in [3.05, 3.63) is 30.5 Å². The minimum atomic E-state index is -0.512. The molecule has 0 spiro atoms. The van der Waals surface area contributed by atoms with Crippen LogP contribution in [0.25, 0.3) is 22.3 Å². The van der Waals surface area contributed by atoms with E-state index in [1.807, 2.05) is 30.9 Å². The number of fused-ring (bicyclic) bond motifs is 3. The highest BCUT2D eigenvalue weighted by Crippen LogP contribution is 2.37. The van der Waals surface area contributed by atoms with Gasteiger partial charge in [0, 0.05) is 43.6 Å². The molecule has 2 bridgehead atoms. The fourth-order valence-corrected chi connectivity index (χ4v) is 4.79. The normalized spacial score (nSPS) is 20.8. The zero-order chi connectivity index (χ0) is 21.7. The van der Waals surface area contributed by atoms with E-state index in [1.165, 1.54) is 4.68 Å². The van der Waals surface area contributed by atoms with Crippen LogP contribution in [0.3, 0.4) is 0 Å². The molecule has 5 rings (SSSR count). The van der Waals surface area contributed by atoms with Crippen molar-refractivity contribution in [2.75, 3.05) is 24.6 Å². The van der Waals surface area contributed by atoms with Gasteiger partial charge in [-0.25, -0.2) is 9.78 Å². The van der Waals surface area contributed by atoms with Crippen LogP contribution in [0.5, 0.6) is 0 Å². The van der Waals surface area contributed by atoms with Gasteiger partial charge in [-0.1, -0.05) is 13.8 Å². The third-order valence-electron chi connectivity index (χ3n) is 6.16. The monoisotopic (exact) mass is 426 g/mol. The highest BCUT2D eigenvalue weighted by atomic mass is 19.1. The van der Waals surface area contributed by atoms with Crippen molar-refractivity contribution in [2.45, 2.75) is 38.8 Å². The van der Waals surface area contributed by atoms with E-state index >= 15 is 0 Å². The summed E-state index contributed by atoms with van der Waals surface area (Å²) in [6, 6.07) is 4.20. The average Bonchev–Trinajstić information content (AvgIpc) is 3.38. The topological polar surface area (TPSA) is 79.3 Å². The molecule has 0 aliphatic carbocycles. The summed E-state index contributed by atoms with van der Waals surface area (Å²) < 4.78 is 21.2. The van der Waals surface area contributed by atoms with Gasteiger partial charge in [-0.3, -0.25) is 9.58 Å². The molecule has 8 nitrogen and oxygen atoms in total. The van der Waals surface area contributed by atoms with Gasteiger partial charge in [-0.2, -0.15) is 4.39 Å². The first-order valence-electron chi connectivity index (χ1n) is 10.8. The van der Waals surface area contributed by atoms with Crippen molar-refractivity contribution in [3.63, 3.8) is 0 Å². The van der Waals surface area contributed by atoms with Crippen molar-refractivity contribution in [3.8, 4) is 11.3 Å². The van der Waals surface area contributed by atoms with E-state index in [9.17, 15) is 9.18 Å². The molecular formula is C22H27FN6O2. The summed E-state index contributed by atoms with van der Waals surface area (Å²) >= 11 is 0. The number of anilines is 1. The summed E-state index contributed by atoms with van der Waals surface area (Å²) in [5.74, 6) is -0.192. The molecule has 9 heteroatoms. The molecule has 2 fully saturated rings. The maximum atomic E-state index is 14.2. The fraction of sp³-hybridized carbons (Fsp3) is 0.500. The second-order valence-corrected chi connectivity index (χ2v) is 8.95. The third kappa shape index (κ3) is 3.51. The smallest absolute Gasteiger partial charge is 0.410 e. The fourth-order valence-electron chi connectivity index (χ4n) is 4.79. The maximum absolute atomic E-state index is 14.2. The standard InChI is InChI=1S/C22H27FN6O2/c1-13(2)12-31-22(30)29-14-4-5-15(29)10-28(9-14)19-6-7-24-21-16(19)8-18(25-21)17-11-27(3)26-20(17)23/h6-8,11,13-15H,4-5,9-10,12H2,1-3H3,(H,24,25). The zero-order valence-corrected chi connectivity index (χ0v) is 18.0. The number of pyridine rings is 1. The number of hydrogen-bond acceptors (Lipinski definition) is 5. The van der Waals surface area contributed by atoms with Crippen LogP contribution in [-0.4, -0.2) is 62.5 Å². The van der Waals surface area contributed by atoms with E-state index in [-0.39, 0.29) is 18.2 Å². The minimum Gasteiger partial charge on any atom is -0.449 e. The highest BCUT2D eigenvalue weighted by Gasteiger charge is 2.43. The number of hydrogen-bond donors (Lipinski definition) is 1. The lowest BCUT2D eigenvalue weighted by Crippen LogP contribution is -2.56. The summed E-state index contributed by atoms with van der Waals surface area (Å²) in [7, 11) is 1.69. The Labute approximate surface area is 180 Å². The molecule has 3 aromatic heterocycles. The van der Waals surface area contributed by atoms with Gasteiger partial charge in [0.15, 0.2) is 0 Å². The molecule has 31 heavy (non-hydrogen) atoms. The molecule has 1 N–H and O–H groups in total. The van der Waals surface area contributed by atoms with E-state index in [2.05, 4.69) is 20.0 Å². The van der Waals surface area contributed by atoms with Gasteiger partial charge in [0.1, 0.15) is 5.65 Å². The molecule has 2 aliphatic heterocycles. The number of piperazine rings is 1. The number of carbonyl (C=O) groups excluding carboxylic acids is 1. The predicted molar refractivity (Wildman–Crippen MR) is 115 cm³/mol. The molecular weight excluding hydrogens is 399 g/mol. The molecule has 3 aromatic rings. The van der Waals surface area contributed by atoms with Gasteiger partial charge < -0.3 is 14.6 Å². The first-order valence-corrected chi connectivity index (χ1v) is 10.8. The van der Waals surface area contributed by atoms with Crippen LogP contribution < -0.4 is 4.90 Å². The Balaban J connectivity index is 1.41. The Morgan fingerprint density at radius 3 is 2.71 bits per heavy atom. The van der Waals surface area contributed by atoms with Crippen molar-refractivity contribution in [1.29, 1.82) is 0 Å². The van der Waals surface area contributed by atoms with Crippen LogP contribution in [0, 0.1) is 11.9 Å². The molecule has 2 saturated heterocycles. The van der Waals surface area contributed by atoms with Gasteiger partial charge in [0.05, 0.1) is 29.9 Å². The molecule has 1 amide bonds. The van der Waals surface area contributed by atoms with Crippen LogP contribution in [0.15, 0.2) is 24.5 Å². The summed E-state index contributed by atoms with van der Waals surface area (Å²) in [4.78, 5) is 24.6. The van der Waals surface area contributed by atoms with Crippen LogP contribution in [0.1, 0.15) is 26.7 Å². The SMILES string of the molecule is CC(C)COC(=O)N1C2CCC1CN(c1ccnc3[nH]c(-c4cn(C)nc4F)cc13)C2. The predicted octanol–water partition coefficient (Wildman–Crippen LogP) is 3.55. The van der Waals surface area contributed by atoms with E-state index < -0.39 is 5.95 Å². The first-order chi connectivity index (χ1) is 14.9. The number of nitrogens with one attached hydrogen (secondary N) is 1. The van der Waals surface area contributed by atoms with Crippen LogP contribution in [0.4, 0.5) is 14.9 Å². The van der Waals surface area contributed by atoms with Gasteiger partial charge in [-0.15, -0.1) is 5.10 Å². The Kier molecular flexibility index (Phi) is 4.83. The molecule has 5 heterocycles. The number of aromatic nitrogens is 4. The van der Waals surface area contributed by atoms with Crippen LogP contribution in [0.2, 0.25) is 0 Å². The van der Waals surface area contributed by atoms with E-state index in [4.69, 9.17) is 4.74 Å². The molecule has 2 atom stereocenters. The molecule has 0 radical (unpaired) electrons. The van der Waals surface area contributed by atoms with E-state index in [0.717, 1.165) is 37.0 Å². The van der Waals surface area contributed by atoms with Gasteiger partial charge in [0.25, 0.3) is 0 Å². The number of aromatic amines is 1. The lowest BCUT2D eigenvalue weighted by atomic mass is 10.1.